The van der Waals surface area contributed by atoms with E-state index in [1.165, 1.54) is 4.90 Å². The van der Waals surface area contributed by atoms with Crippen molar-refractivity contribution in [2.24, 2.45) is 11.8 Å². The Morgan fingerprint density at radius 2 is 1.48 bits per heavy atom. The molecule has 2 saturated heterocycles. The SMILES string of the molecule is O=C1C2C(c3ccc(/C=C/c4ccccc4)cc3)NC(Cc3c[nH]c4ccccc34)(C(=O)O)C2C(=O)N1CCNc1ccccc1. The van der Waals surface area contributed by atoms with E-state index in [0.717, 1.165) is 38.8 Å². The molecule has 0 radical (unpaired) electrons. The van der Waals surface area contributed by atoms with E-state index in [4.69, 9.17) is 0 Å². The number of hydrogen-bond acceptors (Lipinski definition) is 5. The number of rotatable bonds is 10. The third kappa shape index (κ3) is 5.26. The molecule has 0 saturated carbocycles. The van der Waals surface area contributed by atoms with Gasteiger partial charge in [-0.1, -0.05) is 103 Å². The molecule has 8 nitrogen and oxygen atoms in total. The van der Waals surface area contributed by atoms with Gasteiger partial charge in [-0.2, -0.15) is 0 Å². The van der Waals surface area contributed by atoms with Gasteiger partial charge in [0, 0.05) is 48.3 Å². The third-order valence-electron chi connectivity index (χ3n) is 9.27. The number of imide groups is 1. The van der Waals surface area contributed by atoms with Crippen LogP contribution >= 0.6 is 0 Å². The monoisotopic (exact) mass is 610 g/mol. The maximum atomic E-state index is 14.2. The Morgan fingerprint density at radius 3 is 2.20 bits per heavy atom. The molecule has 2 amide bonds. The van der Waals surface area contributed by atoms with E-state index in [-0.39, 0.29) is 18.9 Å². The first-order valence-electron chi connectivity index (χ1n) is 15.5. The van der Waals surface area contributed by atoms with E-state index in [2.05, 4.69) is 15.6 Å². The van der Waals surface area contributed by atoms with E-state index in [1.807, 2.05) is 121 Å². The Labute approximate surface area is 266 Å². The predicted molar refractivity (Wildman–Crippen MR) is 179 cm³/mol. The molecule has 4 atom stereocenters. The number of aromatic amines is 1. The molecule has 230 valence electrons. The lowest BCUT2D eigenvalue weighted by molar-refractivity contribution is -0.151. The first-order valence-corrected chi connectivity index (χ1v) is 15.5. The number of carboxylic acid groups (broad SMARTS) is 1. The lowest BCUT2D eigenvalue weighted by Crippen LogP contribution is -2.57. The highest BCUT2D eigenvalue weighted by atomic mass is 16.4. The maximum absolute atomic E-state index is 14.2. The number of likely N-dealkylation sites (tertiary alicyclic amines) is 1. The summed E-state index contributed by atoms with van der Waals surface area (Å²) in [4.78, 5) is 46.1. The molecule has 4 N–H and O–H groups in total. The van der Waals surface area contributed by atoms with Crippen molar-refractivity contribution in [3.05, 3.63) is 138 Å². The van der Waals surface area contributed by atoms with Crippen molar-refractivity contribution in [1.29, 1.82) is 0 Å². The van der Waals surface area contributed by atoms with Gasteiger partial charge in [0.05, 0.1) is 11.8 Å². The van der Waals surface area contributed by atoms with Gasteiger partial charge in [0.25, 0.3) is 0 Å². The number of aromatic nitrogens is 1. The highest BCUT2D eigenvalue weighted by Gasteiger charge is 2.68. The minimum absolute atomic E-state index is 0.0387. The zero-order valence-electron chi connectivity index (χ0n) is 25.1. The van der Waals surface area contributed by atoms with Crippen molar-refractivity contribution in [2.75, 3.05) is 18.4 Å². The normalized spacial score (nSPS) is 22.5. The third-order valence-corrected chi connectivity index (χ3v) is 9.27. The Morgan fingerprint density at radius 1 is 0.826 bits per heavy atom. The molecule has 5 aromatic rings. The Bertz CT molecular complexity index is 1920. The second-order valence-corrected chi connectivity index (χ2v) is 12.0. The topological polar surface area (TPSA) is 115 Å². The molecule has 0 bridgehead atoms. The lowest BCUT2D eigenvalue weighted by Gasteiger charge is -2.31. The zero-order chi connectivity index (χ0) is 31.7. The van der Waals surface area contributed by atoms with Crippen LogP contribution in [0.1, 0.15) is 28.3 Å². The van der Waals surface area contributed by atoms with Crippen LogP contribution in [0.4, 0.5) is 5.69 Å². The lowest BCUT2D eigenvalue weighted by atomic mass is 9.76. The molecular weight excluding hydrogens is 576 g/mol. The number of H-pyrrole nitrogens is 1. The van der Waals surface area contributed by atoms with Gasteiger partial charge in [-0.05, 0) is 40.5 Å². The first kappa shape index (κ1) is 29.3. The molecule has 46 heavy (non-hydrogen) atoms. The van der Waals surface area contributed by atoms with Crippen LogP contribution in [0.5, 0.6) is 0 Å². The van der Waals surface area contributed by atoms with Crippen LogP contribution in [0, 0.1) is 11.8 Å². The predicted octanol–water partition coefficient (Wildman–Crippen LogP) is 5.76. The summed E-state index contributed by atoms with van der Waals surface area (Å²) < 4.78 is 0. The van der Waals surface area contributed by atoms with Crippen LogP contribution in [-0.2, 0) is 20.8 Å². The first-order chi connectivity index (χ1) is 22.4. The van der Waals surface area contributed by atoms with Gasteiger partial charge < -0.3 is 15.4 Å². The number of nitrogens with one attached hydrogen (secondary N) is 3. The summed E-state index contributed by atoms with van der Waals surface area (Å²) in [5.41, 5.74) is 3.64. The molecule has 1 aromatic heterocycles. The summed E-state index contributed by atoms with van der Waals surface area (Å²) >= 11 is 0. The van der Waals surface area contributed by atoms with Crippen LogP contribution in [0.3, 0.4) is 0 Å². The van der Waals surface area contributed by atoms with Gasteiger partial charge >= 0.3 is 5.97 Å². The van der Waals surface area contributed by atoms with Gasteiger partial charge in [-0.25, -0.2) is 0 Å². The van der Waals surface area contributed by atoms with Crippen molar-refractivity contribution in [3.63, 3.8) is 0 Å². The molecule has 0 aliphatic carbocycles. The van der Waals surface area contributed by atoms with Crippen molar-refractivity contribution >= 4 is 46.5 Å². The number of carboxylic acids is 1. The van der Waals surface area contributed by atoms with E-state index in [1.54, 1.807) is 6.20 Å². The van der Waals surface area contributed by atoms with Crippen LogP contribution in [0.15, 0.2) is 115 Å². The summed E-state index contributed by atoms with van der Waals surface area (Å²) in [7, 11) is 0. The second kappa shape index (κ2) is 12.1. The molecule has 2 aliphatic rings. The number of benzene rings is 4. The Kier molecular flexibility index (Phi) is 7.72. The fourth-order valence-corrected chi connectivity index (χ4v) is 7.02. The number of anilines is 1. The second-order valence-electron chi connectivity index (χ2n) is 12.0. The van der Waals surface area contributed by atoms with Gasteiger partial charge in [-0.15, -0.1) is 0 Å². The smallest absolute Gasteiger partial charge is 0.325 e. The molecule has 4 aromatic carbocycles. The summed E-state index contributed by atoms with van der Waals surface area (Å²) in [6.07, 6.45) is 5.87. The van der Waals surface area contributed by atoms with Crippen LogP contribution < -0.4 is 10.6 Å². The Hall–Kier alpha value is -5.47. The molecule has 2 aliphatic heterocycles. The number of para-hydroxylation sites is 2. The average molecular weight is 611 g/mol. The van der Waals surface area contributed by atoms with Gasteiger partial charge in [0.1, 0.15) is 5.54 Å². The van der Waals surface area contributed by atoms with Gasteiger partial charge in [0.15, 0.2) is 0 Å². The molecule has 4 unspecified atom stereocenters. The fourth-order valence-electron chi connectivity index (χ4n) is 7.02. The summed E-state index contributed by atoms with van der Waals surface area (Å²) in [5, 5.41) is 18.4. The van der Waals surface area contributed by atoms with E-state index in [0.29, 0.717) is 6.54 Å². The van der Waals surface area contributed by atoms with E-state index >= 15 is 0 Å². The number of amides is 2. The highest BCUT2D eigenvalue weighted by molar-refractivity contribution is 6.09. The average Bonchev–Trinajstić information content (AvgIpc) is 3.73. The molecule has 8 heteroatoms. The molecule has 0 spiro atoms. The van der Waals surface area contributed by atoms with Crippen LogP contribution in [0.25, 0.3) is 23.1 Å². The minimum atomic E-state index is -1.69. The number of carbonyl (C=O) groups excluding carboxylic acids is 2. The quantitative estimate of drug-likeness (QED) is 0.118. The standard InChI is InChI=1S/C38H34N4O4/c43-35-32-33(36(44)42(35)22-21-39-29-11-5-2-6-12-29)38(37(45)46,23-28-24-40-31-14-8-7-13-30(28)31)41-34(32)27-19-17-26(18-20-27)16-15-25-9-3-1-4-10-25/h1-20,24,32-34,39-41H,21-23H2,(H,45,46)/b16-15+. The van der Waals surface area contributed by atoms with Crippen molar-refractivity contribution in [3.8, 4) is 0 Å². The number of carbonyl (C=O) groups is 3. The number of aliphatic carboxylic acids is 1. The molecule has 7 rings (SSSR count). The zero-order valence-corrected chi connectivity index (χ0v) is 25.1. The Balaban J connectivity index is 1.22. The van der Waals surface area contributed by atoms with Crippen molar-refractivity contribution in [2.45, 2.75) is 18.0 Å². The van der Waals surface area contributed by atoms with E-state index in [9.17, 15) is 19.5 Å². The molecule has 3 heterocycles. The molecule has 2 fully saturated rings. The van der Waals surface area contributed by atoms with E-state index < -0.39 is 35.3 Å². The van der Waals surface area contributed by atoms with Gasteiger partial charge in [-0.3, -0.25) is 24.6 Å². The number of fused-ring (bicyclic) bond motifs is 2. The summed E-state index contributed by atoms with van der Waals surface area (Å²) in [6, 6.07) is 34.3. The number of nitrogens with zero attached hydrogens (tertiary/aromatic N) is 1. The minimum Gasteiger partial charge on any atom is -0.480 e. The van der Waals surface area contributed by atoms with Crippen molar-refractivity contribution in [1.82, 2.24) is 15.2 Å². The maximum Gasteiger partial charge on any atom is 0.325 e. The fraction of sp³-hybridized carbons (Fsp3) is 0.184. The summed E-state index contributed by atoms with van der Waals surface area (Å²) in [5.74, 6) is -3.90. The van der Waals surface area contributed by atoms with Crippen LogP contribution in [0.2, 0.25) is 0 Å². The van der Waals surface area contributed by atoms with Crippen molar-refractivity contribution < 1.29 is 19.5 Å². The van der Waals surface area contributed by atoms with Gasteiger partial charge in [0.2, 0.25) is 11.8 Å². The molecular formula is C38H34N4O4. The largest absolute Gasteiger partial charge is 0.480 e. The highest BCUT2D eigenvalue weighted by Crippen LogP contribution is 2.50. The summed E-state index contributed by atoms with van der Waals surface area (Å²) in [6.45, 7) is 0.488. The number of hydrogen-bond donors (Lipinski definition) is 4. The van der Waals surface area contributed by atoms with Crippen LogP contribution in [-0.4, -0.2) is 51.4 Å².